The summed E-state index contributed by atoms with van der Waals surface area (Å²) in [5.74, 6) is 1.30. The molecule has 0 spiro atoms. The molecule has 3 heterocycles. The number of nitrogens with one attached hydrogen (secondary N) is 1. The van der Waals surface area contributed by atoms with Crippen molar-refractivity contribution in [2.45, 2.75) is 31.8 Å². The summed E-state index contributed by atoms with van der Waals surface area (Å²) in [7, 11) is 0. The number of anilines is 1. The lowest BCUT2D eigenvalue weighted by Gasteiger charge is -2.39. The molecule has 1 aromatic carbocycles. The lowest BCUT2D eigenvalue weighted by Crippen LogP contribution is -2.46. The molecule has 0 amide bonds. The smallest absolute Gasteiger partial charge is 0.113 e. The number of hydrogen-bond acceptors (Lipinski definition) is 2. The average molecular weight is 293 g/mol. The zero-order chi connectivity index (χ0) is 14.8. The maximum Gasteiger partial charge on any atom is 0.113 e. The number of likely N-dealkylation sites (tertiary alicyclic amines) is 1. The number of hydrogen-bond donors (Lipinski definition) is 1. The number of allylic oxidation sites excluding steroid dienone is 1. The van der Waals surface area contributed by atoms with Gasteiger partial charge in [0.15, 0.2) is 0 Å². The van der Waals surface area contributed by atoms with Crippen LogP contribution in [0, 0.1) is 0 Å². The van der Waals surface area contributed by atoms with E-state index in [9.17, 15) is 0 Å². The van der Waals surface area contributed by atoms with Gasteiger partial charge in [0.2, 0.25) is 0 Å². The highest BCUT2D eigenvalue weighted by atomic mass is 15.3. The number of fused-ring (bicyclic) bond motifs is 1. The van der Waals surface area contributed by atoms with Crippen molar-refractivity contribution >= 4 is 5.82 Å². The maximum absolute atomic E-state index is 3.43. The Morgan fingerprint density at radius 1 is 1.14 bits per heavy atom. The number of aromatic nitrogens is 1. The highest BCUT2D eigenvalue weighted by Gasteiger charge is 2.27. The number of rotatable bonds is 3. The number of piperidine rings is 1. The molecule has 0 radical (unpaired) electrons. The summed E-state index contributed by atoms with van der Waals surface area (Å²) in [4.78, 5) is 8.47. The first-order chi connectivity index (χ1) is 10.9. The third-order valence-corrected chi connectivity index (χ3v) is 4.79. The molecule has 1 saturated heterocycles. The van der Waals surface area contributed by atoms with Gasteiger partial charge in [0.1, 0.15) is 5.82 Å². The molecule has 1 atom stereocenters. The van der Waals surface area contributed by atoms with Crippen molar-refractivity contribution in [2.24, 2.45) is 0 Å². The molecule has 2 aliphatic rings. The molecule has 3 heteroatoms. The minimum atomic E-state index is 0.575. The van der Waals surface area contributed by atoms with Gasteiger partial charge < -0.3 is 9.88 Å². The predicted molar refractivity (Wildman–Crippen MR) is 90.9 cm³/mol. The summed E-state index contributed by atoms with van der Waals surface area (Å²) < 4.78 is 0. The highest BCUT2D eigenvalue weighted by Crippen LogP contribution is 2.29. The topological polar surface area (TPSA) is 22.3 Å². The standard InChI is InChI=1S/C19H23N3/c1-2-6-16(7-3-1)14-21-12-5-9-18(15-21)22-13-4-8-17-10-11-20-19(17)22/h1-4,6-7,10-11,13,18,20H,5,8-9,12,14-15H2. The Morgan fingerprint density at radius 2 is 2.05 bits per heavy atom. The molecule has 22 heavy (non-hydrogen) atoms. The Bertz CT molecular complexity index is 644. The second kappa shape index (κ2) is 6.01. The fourth-order valence-electron chi connectivity index (χ4n) is 3.71. The fourth-order valence-corrected chi connectivity index (χ4v) is 3.71. The van der Waals surface area contributed by atoms with E-state index in [1.807, 2.05) is 0 Å². The van der Waals surface area contributed by atoms with Crippen LogP contribution < -0.4 is 4.90 Å². The van der Waals surface area contributed by atoms with Crippen molar-refractivity contribution in [3.63, 3.8) is 0 Å². The predicted octanol–water partition coefficient (Wildman–Crippen LogP) is 3.56. The average Bonchev–Trinajstić information content (AvgIpc) is 3.04. The number of benzene rings is 1. The Morgan fingerprint density at radius 3 is 2.95 bits per heavy atom. The summed E-state index contributed by atoms with van der Waals surface area (Å²) in [6.45, 7) is 3.41. The quantitative estimate of drug-likeness (QED) is 0.935. The molecule has 1 N–H and O–H groups in total. The first-order valence-corrected chi connectivity index (χ1v) is 8.28. The normalized spacial score (nSPS) is 21.8. The molecule has 1 fully saturated rings. The number of aromatic amines is 1. The van der Waals surface area contributed by atoms with Crippen molar-refractivity contribution in [1.29, 1.82) is 0 Å². The summed E-state index contributed by atoms with van der Waals surface area (Å²) >= 11 is 0. The van der Waals surface area contributed by atoms with Crippen LogP contribution in [-0.4, -0.2) is 29.0 Å². The van der Waals surface area contributed by atoms with Crippen molar-refractivity contribution in [3.05, 3.63) is 66.0 Å². The van der Waals surface area contributed by atoms with Gasteiger partial charge in [-0.15, -0.1) is 0 Å². The number of nitrogens with zero attached hydrogens (tertiary/aromatic N) is 2. The fraction of sp³-hybridized carbons (Fsp3) is 0.368. The molecule has 0 aliphatic carbocycles. The van der Waals surface area contributed by atoms with E-state index in [-0.39, 0.29) is 0 Å². The Kier molecular flexibility index (Phi) is 3.73. The second-order valence-corrected chi connectivity index (χ2v) is 6.36. The lowest BCUT2D eigenvalue weighted by atomic mass is 10.0. The van der Waals surface area contributed by atoms with E-state index >= 15 is 0 Å². The summed E-state index contributed by atoms with van der Waals surface area (Å²) in [6, 6.07) is 13.6. The van der Waals surface area contributed by atoms with Gasteiger partial charge in [-0.1, -0.05) is 36.4 Å². The van der Waals surface area contributed by atoms with Crippen LogP contribution in [0.25, 0.3) is 0 Å². The van der Waals surface area contributed by atoms with E-state index in [2.05, 4.69) is 69.7 Å². The maximum atomic E-state index is 3.43. The monoisotopic (exact) mass is 293 g/mol. The van der Waals surface area contributed by atoms with Gasteiger partial charge in [0, 0.05) is 31.5 Å². The van der Waals surface area contributed by atoms with E-state index in [0.29, 0.717) is 6.04 Å². The van der Waals surface area contributed by atoms with Gasteiger partial charge >= 0.3 is 0 Å². The van der Waals surface area contributed by atoms with Crippen LogP contribution in [0.3, 0.4) is 0 Å². The second-order valence-electron chi connectivity index (χ2n) is 6.36. The molecule has 2 aliphatic heterocycles. The van der Waals surface area contributed by atoms with Crippen LogP contribution >= 0.6 is 0 Å². The van der Waals surface area contributed by atoms with E-state index < -0.39 is 0 Å². The lowest BCUT2D eigenvalue weighted by molar-refractivity contribution is 0.200. The summed E-state index contributed by atoms with van der Waals surface area (Å²) in [5, 5.41) is 0. The summed E-state index contributed by atoms with van der Waals surface area (Å²) in [6.07, 6.45) is 10.2. The molecular weight excluding hydrogens is 270 g/mol. The van der Waals surface area contributed by atoms with E-state index in [4.69, 9.17) is 0 Å². The van der Waals surface area contributed by atoms with Crippen LogP contribution in [0.4, 0.5) is 5.82 Å². The van der Waals surface area contributed by atoms with E-state index in [1.165, 1.54) is 36.3 Å². The van der Waals surface area contributed by atoms with Gasteiger partial charge in [-0.05, 0) is 43.0 Å². The molecular formula is C19H23N3. The molecule has 1 aromatic heterocycles. The third kappa shape index (κ3) is 2.69. The number of H-pyrrole nitrogens is 1. The molecule has 3 nitrogen and oxygen atoms in total. The van der Waals surface area contributed by atoms with E-state index in [0.717, 1.165) is 19.5 Å². The SMILES string of the molecule is C1=CN(C2CCCN(Cc3ccccc3)C2)c2[nH]ccc2C1. The molecule has 114 valence electrons. The summed E-state index contributed by atoms with van der Waals surface area (Å²) in [5.41, 5.74) is 2.83. The van der Waals surface area contributed by atoms with Gasteiger partial charge in [-0.3, -0.25) is 4.90 Å². The van der Waals surface area contributed by atoms with Crippen LogP contribution in [-0.2, 0) is 13.0 Å². The van der Waals surface area contributed by atoms with Gasteiger partial charge in [0.25, 0.3) is 0 Å². The minimum Gasteiger partial charge on any atom is -0.348 e. The minimum absolute atomic E-state index is 0.575. The molecule has 2 aromatic rings. The van der Waals surface area contributed by atoms with Gasteiger partial charge in [-0.25, -0.2) is 0 Å². The van der Waals surface area contributed by atoms with Crippen molar-refractivity contribution in [2.75, 3.05) is 18.0 Å². The van der Waals surface area contributed by atoms with Crippen molar-refractivity contribution in [1.82, 2.24) is 9.88 Å². The first-order valence-electron chi connectivity index (χ1n) is 8.28. The third-order valence-electron chi connectivity index (χ3n) is 4.79. The van der Waals surface area contributed by atoms with Crippen molar-refractivity contribution < 1.29 is 0 Å². The zero-order valence-electron chi connectivity index (χ0n) is 12.9. The van der Waals surface area contributed by atoms with Gasteiger partial charge in [-0.2, -0.15) is 0 Å². The van der Waals surface area contributed by atoms with Crippen LogP contribution in [0.15, 0.2) is 54.9 Å². The van der Waals surface area contributed by atoms with Crippen LogP contribution in [0.1, 0.15) is 24.0 Å². The molecule has 1 unspecified atom stereocenters. The van der Waals surface area contributed by atoms with Crippen LogP contribution in [0.2, 0.25) is 0 Å². The first kappa shape index (κ1) is 13.6. The largest absolute Gasteiger partial charge is 0.348 e. The highest BCUT2D eigenvalue weighted by molar-refractivity contribution is 5.55. The Hall–Kier alpha value is -2.00. The molecule has 0 bridgehead atoms. The van der Waals surface area contributed by atoms with Gasteiger partial charge in [0.05, 0.1) is 0 Å². The van der Waals surface area contributed by atoms with Crippen LogP contribution in [0.5, 0.6) is 0 Å². The van der Waals surface area contributed by atoms with Crippen molar-refractivity contribution in [3.8, 4) is 0 Å². The molecule has 0 saturated carbocycles. The zero-order valence-corrected chi connectivity index (χ0v) is 12.9. The van der Waals surface area contributed by atoms with E-state index in [1.54, 1.807) is 0 Å². The Balaban J connectivity index is 1.47. The Labute approximate surface area is 132 Å². The molecule has 4 rings (SSSR count).